The van der Waals surface area contributed by atoms with E-state index < -0.39 is 0 Å². The van der Waals surface area contributed by atoms with Crippen molar-refractivity contribution in [1.82, 2.24) is 19.6 Å². The van der Waals surface area contributed by atoms with Crippen molar-refractivity contribution in [2.24, 2.45) is 10.2 Å². The first-order valence-electron chi connectivity index (χ1n) is 9.66. The van der Waals surface area contributed by atoms with Gasteiger partial charge >= 0.3 is 0 Å². The van der Waals surface area contributed by atoms with E-state index in [0.717, 1.165) is 28.2 Å². The van der Waals surface area contributed by atoms with Crippen LogP contribution in [0, 0.1) is 6.92 Å². The average Bonchev–Trinajstić information content (AvgIpc) is 3.14. The van der Waals surface area contributed by atoms with Crippen molar-refractivity contribution in [3.05, 3.63) is 30.1 Å². The molecule has 0 fully saturated rings. The minimum atomic E-state index is 0.210. The molecule has 3 N–H and O–H groups in total. The van der Waals surface area contributed by atoms with Gasteiger partial charge in [-0.3, -0.25) is 4.98 Å². The van der Waals surface area contributed by atoms with Crippen LogP contribution in [0.2, 0.25) is 0 Å². The van der Waals surface area contributed by atoms with Gasteiger partial charge in [-0.05, 0) is 25.1 Å². The van der Waals surface area contributed by atoms with Crippen LogP contribution in [0.1, 0.15) is 46.2 Å². The minimum Gasteiger partial charge on any atom is -0.371 e. The van der Waals surface area contributed by atoms with Crippen molar-refractivity contribution >= 4 is 23.0 Å². The summed E-state index contributed by atoms with van der Waals surface area (Å²) in [5.41, 5.74) is 9.84. The zero-order chi connectivity index (χ0) is 21.1. The predicted octanol–water partition coefficient (Wildman–Crippen LogP) is 5.27. The van der Waals surface area contributed by atoms with Gasteiger partial charge in [-0.1, -0.05) is 40.5 Å². The quantitative estimate of drug-likeness (QED) is 0.596. The fourth-order valence-electron chi connectivity index (χ4n) is 2.34. The first-order chi connectivity index (χ1) is 13.5. The molecule has 8 nitrogen and oxygen atoms in total. The number of hydrogen-bond acceptors (Lipinski definition) is 7. The number of aryl methyl sites for hydroxylation is 1. The summed E-state index contributed by atoms with van der Waals surface area (Å²) < 4.78 is 1.69. The van der Waals surface area contributed by atoms with Gasteiger partial charge < -0.3 is 11.1 Å². The third-order valence-corrected chi connectivity index (χ3v) is 3.81. The van der Waals surface area contributed by atoms with Crippen LogP contribution in [-0.4, -0.2) is 33.7 Å². The first-order valence-corrected chi connectivity index (χ1v) is 9.66. The molecule has 0 atom stereocenters. The molecule has 152 valence electrons. The standard InChI is InChI=1S/C14H16N8.C4H10.C2H6/c1-8-10(20-17-3)4-5-11(18-8)9-6-7-22-12(9)13(16-2)19-14(15)21-22;1-3-4-2;1-2/h4-7H,1-3H3,(H3,15,16,19,21);3-4H2,1-2H3;1-2H3. The van der Waals surface area contributed by atoms with E-state index in [1.807, 2.05) is 45.2 Å². The zero-order valence-corrected chi connectivity index (χ0v) is 18.0. The number of nitrogen functional groups attached to an aromatic ring is 1. The smallest absolute Gasteiger partial charge is 0.240 e. The molecule has 0 radical (unpaired) electrons. The Kier molecular flexibility index (Phi) is 9.56. The molecule has 3 aromatic rings. The van der Waals surface area contributed by atoms with Crippen molar-refractivity contribution in [2.75, 3.05) is 25.1 Å². The number of rotatable bonds is 4. The number of nitrogens with zero attached hydrogens (tertiary/aromatic N) is 6. The van der Waals surface area contributed by atoms with E-state index in [-0.39, 0.29) is 5.95 Å². The van der Waals surface area contributed by atoms with Crippen molar-refractivity contribution in [2.45, 2.75) is 47.5 Å². The zero-order valence-electron chi connectivity index (χ0n) is 18.0. The molecular weight excluding hydrogens is 352 g/mol. The Bertz CT molecular complexity index is 897. The summed E-state index contributed by atoms with van der Waals surface area (Å²) in [7, 11) is 3.43. The molecule has 28 heavy (non-hydrogen) atoms. The van der Waals surface area contributed by atoms with E-state index in [1.165, 1.54) is 12.8 Å². The molecule has 0 spiro atoms. The second-order valence-corrected chi connectivity index (χ2v) is 5.69. The van der Waals surface area contributed by atoms with Crippen molar-refractivity contribution < 1.29 is 0 Å². The number of anilines is 2. The summed E-state index contributed by atoms with van der Waals surface area (Å²) in [6.45, 7) is 10.3. The Labute approximate surface area is 167 Å². The lowest BCUT2D eigenvalue weighted by atomic mass is 10.1. The molecule has 0 unspecified atom stereocenters. The van der Waals surface area contributed by atoms with Crippen LogP contribution in [0.25, 0.3) is 16.8 Å². The lowest BCUT2D eigenvalue weighted by Gasteiger charge is -2.07. The molecule has 3 heterocycles. The van der Waals surface area contributed by atoms with E-state index in [4.69, 9.17) is 5.73 Å². The van der Waals surface area contributed by atoms with E-state index in [9.17, 15) is 0 Å². The second-order valence-electron chi connectivity index (χ2n) is 5.69. The lowest BCUT2D eigenvalue weighted by Crippen LogP contribution is -2.05. The second kappa shape index (κ2) is 11.6. The molecule has 0 bridgehead atoms. The van der Waals surface area contributed by atoms with Crippen LogP contribution in [0.15, 0.2) is 34.6 Å². The lowest BCUT2D eigenvalue weighted by molar-refractivity contribution is 0.886. The fraction of sp³-hybridized carbons (Fsp3) is 0.450. The van der Waals surface area contributed by atoms with Gasteiger partial charge in [0.2, 0.25) is 5.95 Å². The summed E-state index contributed by atoms with van der Waals surface area (Å²) >= 11 is 0. The Morgan fingerprint density at radius 2 is 1.79 bits per heavy atom. The Morgan fingerprint density at radius 1 is 1.11 bits per heavy atom. The maximum Gasteiger partial charge on any atom is 0.240 e. The Hall–Kier alpha value is -3.03. The van der Waals surface area contributed by atoms with Gasteiger partial charge in [-0.2, -0.15) is 15.2 Å². The molecule has 0 amide bonds. The SMILES string of the molecule is CC.CCCC.CN=Nc1ccc(-c2ccn3nc(N)nc(NC)c23)nc1C. The van der Waals surface area contributed by atoms with Crippen molar-refractivity contribution in [3.63, 3.8) is 0 Å². The molecular formula is C20H32N8. The number of unbranched alkanes of at least 4 members (excludes halogenated alkanes) is 1. The third kappa shape index (κ3) is 5.48. The van der Waals surface area contributed by atoms with Gasteiger partial charge in [0.15, 0.2) is 5.82 Å². The van der Waals surface area contributed by atoms with E-state index in [2.05, 4.69) is 44.5 Å². The third-order valence-electron chi connectivity index (χ3n) is 3.81. The average molecular weight is 385 g/mol. The van der Waals surface area contributed by atoms with Gasteiger partial charge in [-0.25, -0.2) is 4.52 Å². The topological polar surface area (TPSA) is 106 Å². The van der Waals surface area contributed by atoms with Gasteiger partial charge in [-0.15, -0.1) is 5.10 Å². The normalized spacial score (nSPS) is 10.2. The van der Waals surface area contributed by atoms with Crippen LogP contribution in [0.3, 0.4) is 0 Å². The molecule has 8 heteroatoms. The molecule has 3 aromatic heterocycles. The van der Waals surface area contributed by atoms with Gasteiger partial charge in [0.25, 0.3) is 0 Å². The number of aromatic nitrogens is 4. The predicted molar refractivity (Wildman–Crippen MR) is 117 cm³/mol. The van der Waals surface area contributed by atoms with E-state index in [0.29, 0.717) is 5.82 Å². The van der Waals surface area contributed by atoms with Crippen molar-refractivity contribution in [3.8, 4) is 11.3 Å². The van der Waals surface area contributed by atoms with Gasteiger partial charge in [0.1, 0.15) is 11.2 Å². The highest BCUT2D eigenvalue weighted by Gasteiger charge is 2.14. The first kappa shape index (κ1) is 23.0. The van der Waals surface area contributed by atoms with Gasteiger partial charge in [0, 0.05) is 25.9 Å². The van der Waals surface area contributed by atoms with E-state index >= 15 is 0 Å². The Morgan fingerprint density at radius 3 is 2.32 bits per heavy atom. The maximum atomic E-state index is 5.70. The number of pyridine rings is 1. The number of hydrogen-bond donors (Lipinski definition) is 2. The highest BCUT2D eigenvalue weighted by atomic mass is 15.3. The molecule has 0 aliphatic rings. The van der Waals surface area contributed by atoms with Crippen LogP contribution >= 0.6 is 0 Å². The Balaban J connectivity index is 0.000000583. The van der Waals surface area contributed by atoms with Crippen LogP contribution in [0.4, 0.5) is 17.5 Å². The molecule has 0 aliphatic carbocycles. The summed E-state index contributed by atoms with van der Waals surface area (Å²) in [4.78, 5) is 8.82. The van der Waals surface area contributed by atoms with E-state index in [1.54, 1.807) is 18.6 Å². The number of nitrogens with one attached hydrogen (secondary N) is 1. The van der Waals surface area contributed by atoms with Crippen LogP contribution in [-0.2, 0) is 0 Å². The van der Waals surface area contributed by atoms with Gasteiger partial charge in [0.05, 0.1) is 11.4 Å². The maximum absolute atomic E-state index is 5.70. The molecule has 3 rings (SSSR count). The molecule has 0 saturated carbocycles. The fourth-order valence-corrected chi connectivity index (χ4v) is 2.34. The summed E-state index contributed by atoms with van der Waals surface area (Å²) in [5.74, 6) is 0.867. The largest absolute Gasteiger partial charge is 0.371 e. The highest BCUT2D eigenvalue weighted by Crippen LogP contribution is 2.30. The molecule has 0 aromatic carbocycles. The molecule has 0 saturated heterocycles. The summed E-state index contributed by atoms with van der Waals surface area (Å²) in [6.07, 6.45) is 4.47. The molecule has 0 aliphatic heterocycles. The highest BCUT2D eigenvalue weighted by molar-refractivity contribution is 5.87. The monoisotopic (exact) mass is 384 g/mol. The van der Waals surface area contributed by atoms with Crippen LogP contribution in [0.5, 0.6) is 0 Å². The van der Waals surface area contributed by atoms with Crippen molar-refractivity contribution in [1.29, 1.82) is 0 Å². The number of nitrogens with two attached hydrogens (primary N) is 1. The number of azo groups is 1. The minimum absolute atomic E-state index is 0.210. The number of fused-ring (bicyclic) bond motifs is 1. The van der Waals surface area contributed by atoms with Crippen LogP contribution < -0.4 is 11.1 Å². The summed E-state index contributed by atoms with van der Waals surface area (Å²) in [6, 6.07) is 5.74. The summed E-state index contributed by atoms with van der Waals surface area (Å²) in [5, 5.41) is 15.0.